The van der Waals surface area contributed by atoms with E-state index < -0.39 is 11.9 Å². The van der Waals surface area contributed by atoms with E-state index in [-0.39, 0.29) is 11.5 Å². The van der Waals surface area contributed by atoms with E-state index in [1.807, 2.05) is 0 Å². The van der Waals surface area contributed by atoms with E-state index >= 15 is 0 Å². The molecule has 0 aliphatic carbocycles. The van der Waals surface area contributed by atoms with E-state index in [1.54, 1.807) is 19.1 Å². The number of hydrogen-bond donors (Lipinski definition) is 1. The van der Waals surface area contributed by atoms with Crippen LogP contribution in [0.2, 0.25) is 0 Å². The molecule has 2 aromatic rings. The number of aromatic nitrogens is 1. The van der Waals surface area contributed by atoms with Crippen molar-refractivity contribution in [3.8, 4) is 0 Å². The standard InChI is InChI=1S/C13H12F2N2/c1-8-7-9(4-5-10(8)14)12(16)13-11(15)3-2-6-17-13/h2-7,12H,16H2,1H3/t12-/m0/s1. The van der Waals surface area contributed by atoms with Crippen molar-refractivity contribution in [2.45, 2.75) is 13.0 Å². The van der Waals surface area contributed by atoms with Gasteiger partial charge in [-0.15, -0.1) is 0 Å². The summed E-state index contributed by atoms with van der Waals surface area (Å²) in [6.45, 7) is 1.64. The van der Waals surface area contributed by atoms with E-state index in [2.05, 4.69) is 4.98 Å². The van der Waals surface area contributed by atoms with Crippen LogP contribution in [0.25, 0.3) is 0 Å². The highest BCUT2D eigenvalue weighted by atomic mass is 19.1. The first-order valence-corrected chi connectivity index (χ1v) is 5.21. The molecule has 1 heterocycles. The molecule has 2 rings (SSSR count). The summed E-state index contributed by atoms with van der Waals surface area (Å²) in [5.41, 5.74) is 7.20. The molecule has 0 aliphatic rings. The molecule has 0 saturated carbocycles. The minimum Gasteiger partial charge on any atom is -0.319 e. The number of hydrogen-bond acceptors (Lipinski definition) is 2. The third-order valence-corrected chi connectivity index (χ3v) is 2.62. The molecular weight excluding hydrogens is 222 g/mol. The summed E-state index contributed by atoms with van der Waals surface area (Å²) in [5, 5.41) is 0. The Kier molecular flexibility index (Phi) is 3.15. The van der Waals surface area contributed by atoms with Crippen LogP contribution < -0.4 is 5.73 Å². The zero-order chi connectivity index (χ0) is 12.4. The van der Waals surface area contributed by atoms with Crippen LogP contribution in [0.5, 0.6) is 0 Å². The lowest BCUT2D eigenvalue weighted by molar-refractivity contribution is 0.585. The maximum Gasteiger partial charge on any atom is 0.146 e. The Balaban J connectivity index is 2.40. The molecule has 0 spiro atoms. The lowest BCUT2D eigenvalue weighted by atomic mass is 10.0. The highest BCUT2D eigenvalue weighted by molar-refractivity contribution is 5.31. The Morgan fingerprint density at radius 2 is 1.94 bits per heavy atom. The van der Waals surface area contributed by atoms with Gasteiger partial charge in [0.05, 0.1) is 11.7 Å². The normalized spacial score (nSPS) is 12.5. The molecule has 1 aromatic heterocycles. The zero-order valence-corrected chi connectivity index (χ0v) is 9.32. The Bertz CT molecular complexity index is 541. The van der Waals surface area contributed by atoms with Gasteiger partial charge < -0.3 is 5.73 Å². The smallest absolute Gasteiger partial charge is 0.146 e. The molecule has 0 bridgehead atoms. The van der Waals surface area contributed by atoms with Crippen LogP contribution in [-0.4, -0.2) is 4.98 Å². The first-order valence-electron chi connectivity index (χ1n) is 5.21. The van der Waals surface area contributed by atoms with Gasteiger partial charge in [-0.1, -0.05) is 12.1 Å². The molecule has 0 saturated heterocycles. The predicted molar refractivity (Wildman–Crippen MR) is 61.4 cm³/mol. The third kappa shape index (κ3) is 2.31. The van der Waals surface area contributed by atoms with Crippen LogP contribution in [-0.2, 0) is 0 Å². The SMILES string of the molecule is Cc1cc([C@H](N)c2ncccc2F)ccc1F. The van der Waals surface area contributed by atoms with Gasteiger partial charge >= 0.3 is 0 Å². The maximum absolute atomic E-state index is 13.5. The minimum atomic E-state index is -0.685. The average Bonchev–Trinajstić information content (AvgIpc) is 2.32. The van der Waals surface area contributed by atoms with E-state index in [1.165, 1.54) is 24.4 Å². The van der Waals surface area contributed by atoms with Gasteiger partial charge in [0.1, 0.15) is 11.6 Å². The van der Waals surface area contributed by atoms with Gasteiger partial charge in [0.15, 0.2) is 0 Å². The Morgan fingerprint density at radius 3 is 2.59 bits per heavy atom. The fourth-order valence-electron chi connectivity index (χ4n) is 1.65. The van der Waals surface area contributed by atoms with E-state index in [4.69, 9.17) is 5.73 Å². The van der Waals surface area contributed by atoms with Crippen LogP contribution in [0.1, 0.15) is 22.9 Å². The van der Waals surface area contributed by atoms with Gasteiger partial charge in [-0.2, -0.15) is 0 Å². The van der Waals surface area contributed by atoms with Crippen molar-refractivity contribution in [3.05, 3.63) is 65.0 Å². The average molecular weight is 234 g/mol. The molecule has 4 heteroatoms. The minimum absolute atomic E-state index is 0.165. The van der Waals surface area contributed by atoms with Gasteiger partial charge in [-0.3, -0.25) is 4.98 Å². The molecule has 0 amide bonds. The maximum atomic E-state index is 13.5. The molecule has 2 nitrogen and oxygen atoms in total. The van der Waals surface area contributed by atoms with Crippen molar-refractivity contribution in [1.29, 1.82) is 0 Å². The summed E-state index contributed by atoms with van der Waals surface area (Å²) in [4.78, 5) is 3.91. The highest BCUT2D eigenvalue weighted by Crippen LogP contribution is 2.21. The quantitative estimate of drug-likeness (QED) is 0.867. The first kappa shape index (κ1) is 11.7. The molecule has 0 radical (unpaired) electrons. The summed E-state index contributed by atoms with van der Waals surface area (Å²) < 4.78 is 26.6. The second-order valence-corrected chi connectivity index (χ2v) is 3.86. The lowest BCUT2D eigenvalue weighted by Gasteiger charge is -2.13. The van der Waals surface area contributed by atoms with E-state index in [9.17, 15) is 8.78 Å². The van der Waals surface area contributed by atoms with Gasteiger partial charge in [0, 0.05) is 6.20 Å². The molecule has 88 valence electrons. The first-order chi connectivity index (χ1) is 8.09. The Hall–Kier alpha value is -1.81. The fraction of sp³-hybridized carbons (Fsp3) is 0.154. The molecular formula is C13H12F2N2. The molecule has 1 atom stereocenters. The summed E-state index contributed by atoms with van der Waals surface area (Å²) >= 11 is 0. The second kappa shape index (κ2) is 4.59. The summed E-state index contributed by atoms with van der Waals surface area (Å²) in [6.07, 6.45) is 1.48. The van der Waals surface area contributed by atoms with Crippen LogP contribution in [0, 0.1) is 18.6 Å². The van der Waals surface area contributed by atoms with E-state index in [0.29, 0.717) is 11.1 Å². The van der Waals surface area contributed by atoms with Crippen LogP contribution in [0.4, 0.5) is 8.78 Å². The van der Waals surface area contributed by atoms with Crippen molar-refractivity contribution in [2.24, 2.45) is 5.73 Å². The van der Waals surface area contributed by atoms with E-state index in [0.717, 1.165) is 0 Å². The molecule has 0 unspecified atom stereocenters. The monoisotopic (exact) mass is 234 g/mol. The van der Waals surface area contributed by atoms with Gasteiger partial charge in [-0.05, 0) is 36.2 Å². The molecule has 0 fully saturated rings. The van der Waals surface area contributed by atoms with Crippen molar-refractivity contribution in [1.82, 2.24) is 4.98 Å². The summed E-state index contributed by atoms with van der Waals surface area (Å²) in [5.74, 6) is -0.760. The largest absolute Gasteiger partial charge is 0.319 e. The Morgan fingerprint density at radius 1 is 1.18 bits per heavy atom. The third-order valence-electron chi connectivity index (χ3n) is 2.62. The molecule has 0 aliphatic heterocycles. The van der Waals surface area contributed by atoms with Crippen LogP contribution in [0.15, 0.2) is 36.5 Å². The van der Waals surface area contributed by atoms with Crippen molar-refractivity contribution >= 4 is 0 Å². The number of rotatable bonds is 2. The summed E-state index contributed by atoms with van der Waals surface area (Å²) in [7, 11) is 0. The second-order valence-electron chi connectivity index (χ2n) is 3.86. The van der Waals surface area contributed by atoms with Gasteiger partial charge in [0.25, 0.3) is 0 Å². The predicted octanol–water partition coefficient (Wildman–Crippen LogP) is 2.72. The van der Waals surface area contributed by atoms with Crippen LogP contribution in [0.3, 0.4) is 0 Å². The fourth-order valence-corrected chi connectivity index (χ4v) is 1.65. The number of aryl methyl sites for hydroxylation is 1. The molecule has 17 heavy (non-hydrogen) atoms. The highest BCUT2D eigenvalue weighted by Gasteiger charge is 2.15. The van der Waals surface area contributed by atoms with Gasteiger partial charge in [0.2, 0.25) is 0 Å². The number of pyridine rings is 1. The number of nitrogens with zero attached hydrogens (tertiary/aromatic N) is 1. The zero-order valence-electron chi connectivity index (χ0n) is 9.32. The molecule has 1 aromatic carbocycles. The van der Waals surface area contributed by atoms with Gasteiger partial charge in [-0.25, -0.2) is 8.78 Å². The number of benzene rings is 1. The van der Waals surface area contributed by atoms with Crippen LogP contribution >= 0.6 is 0 Å². The summed E-state index contributed by atoms with van der Waals surface area (Å²) in [6, 6.07) is 6.59. The van der Waals surface area contributed by atoms with Crippen molar-refractivity contribution in [2.75, 3.05) is 0 Å². The van der Waals surface area contributed by atoms with Crippen molar-refractivity contribution in [3.63, 3.8) is 0 Å². The topological polar surface area (TPSA) is 38.9 Å². The molecule has 2 N–H and O–H groups in total. The number of halogens is 2. The number of nitrogens with two attached hydrogens (primary N) is 1. The Labute approximate surface area is 98.1 Å². The lowest BCUT2D eigenvalue weighted by Crippen LogP contribution is -2.15. The van der Waals surface area contributed by atoms with Crippen molar-refractivity contribution < 1.29 is 8.78 Å².